The zero-order valence-corrected chi connectivity index (χ0v) is 13.5. The number of hydrogen-bond donors (Lipinski definition) is 2. The van der Waals surface area contributed by atoms with Crippen LogP contribution in [-0.2, 0) is 4.79 Å². The second-order valence-electron chi connectivity index (χ2n) is 5.05. The van der Waals surface area contributed by atoms with Crippen molar-refractivity contribution < 1.29 is 4.79 Å². The van der Waals surface area contributed by atoms with Gasteiger partial charge in [0.25, 0.3) is 0 Å². The summed E-state index contributed by atoms with van der Waals surface area (Å²) in [7, 11) is 0. The van der Waals surface area contributed by atoms with Crippen molar-refractivity contribution >= 4 is 49.9 Å². The summed E-state index contributed by atoms with van der Waals surface area (Å²) in [6, 6.07) is 4.20. The Morgan fingerprint density at radius 1 is 1.35 bits per heavy atom. The first-order valence-electron chi connectivity index (χ1n) is 6.36. The molecule has 0 bridgehead atoms. The quantitative estimate of drug-likeness (QED) is 0.835. The zero-order valence-electron chi connectivity index (χ0n) is 11.9. The number of benzene rings is 1. The maximum Gasteiger partial charge on any atom is 0.228 e. The summed E-state index contributed by atoms with van der Waals surface area (Å²) in [6.07, 6.45) is 0. The highest BCUT2D eigenvalue weighted by Crippen LogP contribution is 2.29. The van der Waals surface area contributed by atoms with Crippen LogP contribution in [0.5, 0.6) is 0 Å². The molecule has 4 nitrogen and oxygen atoms in total. The smallest absolute Gasteiger partial charge is 0.228 e. The summed E-state index contributed by atoms with van der Waals surface area (Å²) in [5.74, 6) is -0.203. The van der Waals surface area contributed by atoms with Crippen LogP contribution in [-0.4, -0.2) is 16.0 Å². The largest absolute Gasteiger partial charge is 0.308 e. The average Bonchev–Trinajstić information content (AvgIpc) is 2.71. The van der Waals surface area contributed by atoms with Crippen molar-refractivity contribution in [1.29, 1.82) is 0 Å². The third-order valence-corrected chi connectivity index (χ3v) is 3.93. The molecule has 2 N–H and O–H groups in total. The summed E-state index contributed by atoms with van der Waals surface area (Å²) >= 11 is 6.65. The van der Waals surface area contributed by atoms with E-state index in [4.69, 9.17) is 12.2 Å². The van der Waals surface area contributed by atoms with E-state index in [-0.39, 0.29) is 16.9 Å². The van der Waals surface area contributed by atoms with Gasteiger partial charge in [-0.1, -0.05) is 31.3 Å². The van der Waals surface area contributed by atoms with Crippen molar-refractivity contribution in [2.45, 2.75) is 27.7 Å². The molecule has 0 unspecified atom stereocenters. The highest BCUT2D eigenvalue weighted by molar-refractivity contribution is 7.80. The van der Waals surface area contributed by atoms with Crippen LogP contribution in [0, 0.1) is 19.8 Å². The lowest BCUT2D eigenvalue weighted by Gasteiger charge is -2.08. The van der Waals surface area contributed by atoms with Crippen LogP contribution in [0.2, 0.25) is 0 Å². The van der Waals surface area contributed by atoms with Crippen molar-refractivity contribution in [3.63, 3.8) is 0 Å². The third-order valence-electron chi connectivity index (χ3n) is 2.81. The fourth-order valence-electron chi connectivity index (χ4n) is 1.81. The zero-order chi connectivity index (χ0) is 14.9. The number of carbonyl (C=O) groups excluding carboxylic acids is 1. The molecule has 0 aliphatic rings. The van der Waals surface area contributed by atoms with Gasteiger partial charge in [0.05, 0.1) is 10.2 Å². The van der Waals surface area contributed by atoms with Gasteiger partial charge in [-0.25, -0.2) is 4.98 Å². The summed E-state index contributed by atoms with van der Waals surface area (Å²) in [4.78, 5) is 16.1. The Hall–Kier alpha value is -1.53. The Balaban J connectivity index is 2.16. The van der Waals surface area contributed by atoms with Gasteiger partial charge in [-0.2, -0.15) is 0 Å². The molecular weight excluding hydrogens is 290 g/mol. The highest BCUT2D eigenvalue weighted by atomic mass is 32.1. The van der Waals surface area contributed by atoms with Crippen LogP contribution in [0.4, 0.5) is 5.13 Å². The van der Waals surface area contributed by atoms with Crippen LogP contribution in [0.3, 0.4) is 0 Å². The summed E-state index contributed by atoms with van der Waals surface area (Å²) < 4.78 is 1.11. The van der Waals surface area contributed by atoms with Gasteiger partial charge in [-0.3, -0.25) is 4.79 Å². The number of amides is 1. The number of anilines is 1. The number of fused-ring (bicyclic) bond motifs is 1. The second-order valence-corrected chi connectivity index (χ2v) is 6.48. The van der Waals surface area contributed by atoms with Gasteiger partial charge in [0.15, 0.2) is 10.2 Å². The number of carbonyl (C=O) groups is 1. The van der Waals surface area contributed by atoms with Gasteiger partial charge >= 0.3 is 0 Å². The second kappa shape index (κ2) is 5.85. The van der Waals surface area contributed by atoms with E-state index >= 15 is 0 Å². The van der Waals surface area contributed by atoms with E-state index in [0.29, 0.717) is 5.13 Å². The van der Waals surface area contributed by atoms with Crippen LogP contribution in [0.1, 0.15) is 25.0 Å². The predicted molar refractivity (Wildman–Crippen MR) is 88.3 cm³/mol. The minimum absolute atomic E-state index is 0.101. The molecule has 0 fully saturated rings. The van der Waals surface area contributed by atoms with E-state index in [2.05, 4.69) is 34.7 Å². The first kappa shape index (κ1) is 14.9. The molecule has 1 heterocycles. The maximum atomic E-state index is 11.6. The molecule has 0 radical (unpaired) electrons. The van der Waals surface area contributed by atoms with Crippen LogP contribution in [0.25, 0.3) is 10.2 Å². The third kappa shape index (κ3) is 3.32. The number of rotatable bonds is 2. The molecule has 0 saturated heterocycles. The number of aryl methyl sites for hydroxylation is 2. The highest BCUT2D eigenvalue weighted by Gasteiger charge is 2.11. The van der Waals surface area contributed by atoms with Crippen LogP contribution in [0.15, 0.2) is 12.1 Å². The number of hydrogen-bond acceptors (Lipinski definition) is 4. The molecule has 106 valence electrons. The summed E-state index contributed by atoms with van der Waals surface area (Å²) in [6.45, 7) is 7.74. The van der Waals surface area contributed by atoms with Crippen molar-refractivity contribution in [3.05, 3.63) is 23.3 Å². The van der Waals surface area contributed by atoms with E-state index in [0.717, 1.165) is 15.8 Å². The lowest BCUT2D eigenvalue weighted by atomic mass is 10.1. The van der Waals surface area contributed by atoms with Crippen molar-refractivity contribution in [2.24, 2.45) is 5.92 Å². The Morgan fingerprint density at radius 2 is 2.05 bits per heavy atom. The SMILES string of the molecule is Cc1cc(C)c2nc(NC(=S)NC(=O)C(C)C)sc2c1. The molecule has 2 aromatic rings. The number of thiazole rings is 1. The Morgan fingerprint density at radius 3 is 2.70 bits per heavy atom. The lowest BCUT2D eigenvalue weighted by molar-refractivity contribution is -0.122. The molecule has 0 aliphatic carbocycles. The number of nitrogens with one attached hydrogen (secondary N) is 2. The molecule has 0 spiro atoms. The van der Waals surface area contributed by atoms with Gasteiger partial charge in [-0.15, -0.1) is 0 Å². The minimum Gasteiger partial charge on any atom is -0.308 e. The summed E-state index contributed by atoms with van der Waals surface area (Å²) in [5.41, 5.74) is 3.32. The molecule has 1 amide bonds. The molecule has 1 aromatic heterocycles. The molecule has 1 aromatic carbocycles. The van der Waals surface area contributed by atoms with Crippen molar-refractivity contribution in [1.82, 2.24) is 10.3 Å². The standard InChI is InChI=1S/C14H17N3OS2/c1-7(2)12(18)16-13(19)17-14-15-11-9(4)5-8(3)6-10(11)20-14/h5-7H,1-4H3,(H2,15,16,17,18,19). The Bertz CT molecular complexity index is 676. The number of thiocarbonyl (C=S) groups is 1. The fraction of sp³-hybridized carbons (Fsp3) is 0.357. The summed E-state index contributed by atoms with van der Waals surface area (Å²) in [5, 5.41) is 6.60. The van der Waals surface area contributed by atoms with Gasteiger partial charge in [0.1, 0.15) is 0 Å². The van der Waals surface area contributed by atoms with E-state index < -0.39 is 0 Å². The lowest BCUT2D eigenvalue weighted by Crippen LogP contribution is -2.36. The van der Waals surface area contributed by atoms with Gasteiger partial charge in [-0.05, 0) is 43.3 Å². The topological polar surface area (TPSA) is 54.0 Å². The average molecular weight is 307 g/mol. The van der Waals surface area contributed by atoms with Crippen LogP contribution >= 0.6 is 23.6 Å². The number of nitrogens with zero attached hydrogens (tertiary/aromatic N) is 1. The van der Waals surface area contributed by atoms with E-state index in [1.54, 1.807) is 0 Å². The van der Waals surface area contributed by atoms with Gasteiger partial charge in [0, 0.05) is 5.92 Å². The maximum absolute atomic E-state index is 11.6. The molecule has 20 heavy (non-hydrogen) atoms. The van der Waals surface area contributed by atoms with E-state index in [1.807, 2.05) is 20.8 Å². The monoisotopic (exact) mass is 307 g/mol. The van der Waals surface area contributed by atoms with Crippen molar-refractivity contribution in [2.75, 3.05) is 5.32 Å². The minimum atomic E-state index is -0.102. The Labute approximate surface area is 127 Å². The predicted octanol–water partition coefficient (Wildman–Crippen LogP) is 3.38. The fourth-order valence-corrected chi connectivity index (χ4v) is 3.12. The number of aromatic nitrogens is 1. The molecule has 0 atom stereocenters. The molecule has 6 heteroatoms. The van der Waals surface area contributed by atoms with Crippen LogP contribution < -0.4 is 10.6 Å². The van der Waals surface area contributed by atoms with Gasteiger partial charge in [0.2, 0.25) is 5.91 Å². The first-order chi connectivity index (χ1) is 9.36. The molecular formula is C14H17N3OS2. The normalized spacial score (nSPS) is 10.8. The van der Waals surface area contributed by atoms with Crippen molar-refractivity contribution in [3.8, 4) is 0 Å². The molecule has 0 aliphatic heterocycles. The van der Waals surface area contributed by atoms with E-state index in [9.17, 15) is 4.79 Å². The van der Waals surface area contributed by atoms with Gasteiger partial charge < -0.3 is 10.6 Å². The van der Waals surface area contributed by atoms with E-state index in [1.165, 1.54) is 16.9 Å². The Kier molecular flexibility index (Phi) is 4.35. The first-order valence-corrected chi connectivity index (χ1v) is 7.59. The molecule has 0 saturated carbocycles. The molecule has 2 rings (SSSR count).